The molecule has 1 aromatic carbocycles. The lowest BCUT2D eigenvalue weighted by Gasteiger charge is -2.19. The van der Waals surface area contributed by atoms with Crippen molar-refractivity contribution in [1.29, 1.82) is 0 Å². The molecule has 0 bridgehead atoms. The first-order valence-corrected chi connectivity index (χ1v) is 10.6. The summed E-state index contributed by atoms with van der Waals surface area (Å²) in [6, 6.07) is 8.50. The maximum Gasteiger partial charge on any atom is 0.348 e. The Morgan fingerprint density at radius 1 is 1.21 bits per heavy atom. The molecular weight excluding hydrogens is 388 g/mol. The number of rotatable bonds is 6. The third kappa shape index (κ3) is 5.23. The number of benzene rings is 1. The quantitative estimate of drug-likeness (QED) is 0.731. The second-order valence-corrected chi connectivity index (χ2v) is 8.61. The number of carbonyl (C=O) groups is 3. The van der Waals surface area contributed by atoms with Crippen LogP contribution in [0, 0.1) is 5.92 Å². The molecule has 2 aromatic rings. The molecule has 1 heterocycles. The Hall–Kier alpha value is -2.67. The second-order valence-electron chi connectivity index (χ2n) is 7.48. The molecule has 0 saturated carbocycles. The Morgan fingerprint density at radius 2 is 1.93 bits per heavy atom. The fourth-order valence-electron chi connectivity index (χ4n) is 3.40. The van der Waals surface area contributed by atoms with Crippen LogP contribution >= 0.6 is 11.3 Å². The van der Waals surface area contributed by atoms with Crippen LogP contribution in [0.25, 0.3) is 0 Å². The van der Waals surface area contributed by atoms with Crippen LogP contribution in [-0.2, 0) is 22.4 Å². The molecule has 29 heavy (non-hydrogen) atoms. The van der Waals surface area contributed by atoms with Crippen molar-refractivity contribution in [2.75, 3.05) is 26.0 Å². The van der Waals surface area contributed by atoms with E-state index in [1.165, 1.54) is 33.1 Å². The zero-order valence-electron chi connectivity index (χ0n) is 17.0. The summed E-state index contributed by atoms with van der Waals surface area (Å²) in [6.07, 6.45) is 4.35. The molecule has 154 valence electrons. The third-order valence-electron chi connectivity index (χ3n) is 5.12. The zero-order valence-corrected chi connectivity index (χ0v) is 17.8. The summed E-state index contributed by atoms with van der Waals surface area (Å²) in [5.41, 5.74) is 2.32. The Morgan fingerprint density at radius 3 is 2.59 bits per heavy atom. The van der Waals surface area contributed by atoms with Crippen molar-refractivity contribution in [3.8, 4) is 0 Å². The highest BCUT2D eigenvalue weighted by Crippen LogP contribution is 2.33. The van der Waals surface area contributed by atoms with Gasteiger partial charge in [-0.1, -0.05) is 13.3 Å². The van der Waals surface area contributed by atoms with E-state index >= 15 is 0 Å². The number of hydrogen-bond donors (Lipinski definition) is 1. The standard InChI is InChI=1S/C22H26N2O4S/c1-4-14-5-10-18-16(11-14)12-19(29-18)22(27)28-13-20(25)23-17-8-6-15(7-9-17)21(26)24(2)3/h6-9,12,14H,4-5,10-11,13H2,1-3H3,(H,23,25). The number of esters is 1. The van der Waals surface area contributed by atoms with E-state index in [1.807, 2.05) is 6.07 Å². The number of carbonyl (C=O) groups excluding carboxylic acids is 3. The SMILES string of the molecule is CCC1CCc2sc(C(=O)OCC(=O)Nc3ccc(C(=O)N(C)C)cc3)cc2C1. The smallest absolute Gasteiger partial charge is 0.348 e. The van der Waals surface area contributed by atoms with E-state index in [1.54, 1.807) is 38.4 Å². The van der Waals surface area contributed by atoms with Crippen LogP contribution in [0.15, 0.2) is 30.3 Å². The molecule has 1 aliphatic carbocycles. The van der Waals surface area contributed by atoms with Crippen molar-refractivity contribution in [2.24, 2.45) is 5.92 Å². The lowest BCUT2D eigenvalue weighted by molar-refractivity contribution is -0.119. The summed E-state index contributed by atoms with van der Waals surface area (Å²) in [6.45, 7) is 1.85. The van der Waals surface area contributed by atoms with Crippen LogP contribution in [0.1, 0.15) is 50.2 Å². The highest BCUT2D eigenvalue weighted by Gasteiger charge is 2.23. The van der Waals surface area contributed by atoms with E-state index in [4.69, 9.17) is 4.74 Å². The Labute approximate surface area is 174 Å². The largest absolute Gasteiger partial charge is 0.451 e. The van der Waals surface area contributed by atoms with Gasteiger partial charge < -0.3 is 15.0 Å². The van der Waals surface area contributed by atoms with Gasteiger partial charge in [0, 0.05) is 30.2 Å². The first-order chi connectivity index (χ1) is 13.9. The molecule has 6 nitrogen and oxygen atoms in total. The van der Waals surface area contributed by atoms with E-state index in [9.17, 15) is 14.4 Å². The van der Waals surface area contributed by atoms with E-state index in [-0.39, 0.29) is 12.5 Å². The monoisotopic (exact) mass is 414 g/mol. The van der Waals surface area contributed by atoms with Crippen molar-refractivity contribution in [3.05, 3.63) is 51.2 Å². The molecule has 0 spiro atoms. The molecule has 0 radical (unpaired) electrons. The molecule has 1 unspecified atom stereocenters. The number of anilines is 1. The van der Waals surface area contributed by atoms with Gasteiger partial charge >= 0.3 is 5.97 Å². The Bertz CT molecular complexity index is 902. The number of thiophene rings is 1. The van der Waals surface area contributed by atoms with Gasteiger partial charge in [-0.15, -0.1) is 11.3 Å². The molecule has 3 rings (SSSR count). The van der Waals surface area contributed by atoms with Gasteiger partial charge in [0.1, 0.15) is 4.88 Å². The average Bonchev–Trinajstić information content (AvgIpc) is 3.15. The summed E-state index contributed by atoms with van der Waals surface area (Å²) < 4.78 is 5.19. The molecule has 2 amide bonds. The topological polar surface area (TPSA) is 75.7 Å². The van der Waals surface area contributed by atoms with E-state index in [0.29, 0.717) is 22.0 Å². The molecule has 0 saturated heterocycles. The molecule has 7 heteroatoms. The van der Waals surface area contributed by atoms with Gasteiger partial charge in [0.2, 0.25) is 0 Å². The molecule has 0 aliphatic heterocycles. The summed E-state index contributed by atoms with van der Waals surface area (Å²) in [4.78, 5) is 39.6. The summed E-state index contributed by atoms with van der Waals surface area (Å²) >= 11 is 1.48. The average molecular weight is 415 g/mol. The van der Waals surface area contributed by atoms with E-state index in [0.717, 1.165) is 19.3 Å². The minimum absolute atomic E-state index is 0.110. The van der Waals surface area contributed by atoms with Crippen LogP contribution in [0.4, 0.5) is 5.69 Å². The molecule has 1 aliphatic rings. The predicted octanol–water partition coefficient (Wildman–Crippen LogP) is 3.76. The van der Waals surface area contributed by atoms with Gasteiger partial charge in [0.05, 0.1) is 0 Å². The number of amides is 2. The maximum absolute atomic E-state index is 12.3. The number of fused-ring (bicyclic) bond motifs is 1. The van der Waals surface area contributed by atoms with Crippen molar-refractivity contribution in [2.45, 2.75) is 32.6 Å². The van der Waals surface area contributed by atoms with Crippen LogP contribution in [0.5, 0.6) is 0 Å². The minimum atomic E-state index is -0.459. The summed E-state index contributed by atoms with van der Waals surface area (Å²) in [5.74, 6) is -0.302. The highest BCUT2D eigenvalue weighted by atomic mass is 32.1. The fraction of sp³-hybridized carbons (Fsp3) is 0.409. The zero-order chi connectivity index (χ0) is 21.0. The van der Waals surface area contributed by atoms with Gasteiger partial charge in [-0.25, -0.2) is 4.79 Å². The van der Waals surface area contributed by atoms with Gasteiger partial charge in [0.25, 0.3) is 11.8 Å². The maximum atomic E-state index is 12.3. The Kier molecular flexibility index (Phi) is 6.69. The normalized spacial score (nSPS) is 15.3. The molecule has 1 N–H and O–H groups in total. The van der Waals surface area contributed by atoms with E-state index in [2.05, 4.69) is 12.2 Å². The highest BCUT2D eigenvalue weighted by molar-refractivity contribution is 7.14. The van der Waals surface area contributed by atoms with Gasteiger partial charge in [0.15, 0.2) is 6.61 Å². The van der Waals surface area contributed by atoms with Gasteiger partial charge in [-0.05, 0) is 61.1 Å². The number of nitrogens with one attached hydrogen (secondary N) is 1. The number of nitrogens with zero attached hydrogens (tertiary/aromatic N) is 1. The lowest BCUT2D eigenvalue weighted by atomic mass is 9.87. The first kappa shape index (κ1) is 21.0. The van der Waals surface area contributed by atoms with Gasteiger partial charge in [-0.2, -0.15) is 0 Å². The van der Waals surface area contributed by atoms with Crippen molar-refractivity contribution < 1.29 is 19.1 Å². The fourth-order valence-corrected chi connectivity index (χ4v) is 4.50. The molecule has 1 aromatic heterocycles. The van der Waals surface area contributed by atoms with Crippen molar-refractivity contribution in [1.82, 2.24) is 4.90 Å². The van der Waals surface area contributed by atoms with Gasteiger partial charge in [-0.3, -0.25) is 9.59 Å². The van der Waals surface area contributed by atoms with Crippen LogP contribution in [0.2, 0.25) is 0 Å². The number of aryl methyl sites for hydroxylation is 1. The first-order valence-electron chi connectivity index (χ1n) is 9.77. The molecule has 0 fully saturated rings. The number of ether oxygens (including phenoxy) is 1. The van der Waals surface area contributed by atoms with Crippen molar-refractivity contribution in [3.63, 3.8) is 0 Å². The summed E-state index contributed by atoms with van der Waals surface area (Å²) in [5, 5.41) is 2.67. The van der Waals surface area contributed by atoms with Crippen LogP contribution < -0.4 is 5.32 Å². The predicted molar refractivity (Wildman–Crippen MR) is 113 cm³/mol. The van der Waals surface area contributed by atoms with Crippen LogP contribution in [0.3, 0.4) is 0 Å². The Balaban J connectivity index is 1.51. The second kappa shape index (κ2) is 9.22. The summed E-state index contributed by atoms with van der Waals surface area (Å²) in [7, 11) is 3.36. The van der Waals surface area contributed by atoms with E-state index < -0.39 is 11.9 Å². The van der Waals surface area contributed by atoms with Crippen LogP contribution in [-0.4, -0.2) is 43.4 Å². The number of hydrogen-bond acceptors (Lipinski definition) is 5. The minimum Gasteiger partial charge on any atom is -0.451 e. The lowest BCUT2D eigenvalue weighted by Crippen LogP contribution is -2.22. The van der Waals surface area contributed by atoms with Crippen molar-refractivity contribution >= 4 is 34.8 Å². The third-order valence-corrected chi connectivity index (χ3v) is 6.34. The molecule has 1 atom stereocenters. The molecular formula is C22H26N2O4S.